The summed E-state index contributed by atoms with van der Waals surface area (Å²) in [7, 11) is 0. The van der Waals surface area contributed by atoms with Crippen molar-refractivity contribution in [2.45, 2.75) is 6.92 Å². The third kappa shape index (κ3) is 2.68. The first-order valence-electron chi connectivity index (χ1n) is 4.17. The van der Waals surface area contributed by atoms with Gasteiger partial charge in [-0.2, -0.15) is 8.75 Å². The van der Waals surface area contributed by atoms with E-state index in [-0.39, 0.29) is 0 Å². The van der Waals surface area contributed by atoms with Crippen LogP contribution in [0.3, 0.4) is 0 Å². The highest BCUT2D eigenvalue weighted by molar-refractivity contribution is 9.10. The van der Waals surface area contributed by atoms with Gasteiger partial charge in [0.15, 0.2) is 11.0 Å². The van der Waals surface area contributed by atoms with Crippen LogP contribution in [-0.4, -0.2) is 8.75 Å². The topological polar surface area (TPSA) is 37.8 Å². The van der Waals surface area contributed by atoms with Crippen LogP contribution in [0.25, 0.3) is 0 Å². The molecule has 0 aliphatic carbocycles. The molecule has 0 fully saturated rings. The second-order valence-corrected chi connectivity index (χ2v) is 4.85. The summed E-state index contributed by atoms with van der Waals surface area (Å²) in [5, 5.41) is 3.51. The molecule has 6 heteroatoms. The van der Waals surface area contributed by atoms with Crippen molar-refractivity contribution in [3.05, 3.63) is 33.4 Å². The van der Waals surface area contributed by atoms with E-state index in [0.717, 1.165) is 27.5 Å². The Morgan fingerprint density at radius 3 is 2.73 bits per heavy atom. The predicted molar refractivity (Wildman–Crippen MR) is 67.1 cm³/mol. The number of hydrogen-bond acceptors (Lipinski definition) is 4. The van der Waals surface area contributed by atoms with Crippen LogP contribution in [0.5, 0.6) is 0 Å². The summed E-state index contributed by atoms with van der Waals surface area (Å²) in [5.41, 5.74) is 2.10. The van der Waals surface area contributed by atoms with Gasteiger partial charge in [0.2, 0.25) is 0 Å². The SMILES string of the molecule is Cc1cc(Br)cc(Nc2nsnc2Cl)c1. The number of rotatable bonds is 2. The van der Waals surface area contributed by atoms with Gasteiger partial charge in [-0.05, 0) is 30.7 Å². The Hall–Kier alpha value is -0.650. The van der Waals surface area contributed by atoms with E-state index >= 15 is 0 Å². The van der Waals surface area contributed by atoms with Gasteiger partial charge in [-0.3, -0.25) is 0 Å². The molecular formula is C9H7BrClN3S. The van der Waals surface area contributed by atoms with Crippen molar-refractivity contribution in [2.24, 2.45) is 0 Å². The Kier molecular flexibility index (Phi) is 3.23. The molecule has 0 saturated carbocycles. The van der Waals surface area contributed by atoms with Crippen LogP contribution < -0.4 is 5.32 Å². The number of anilines is 2. The molecule has 3 nitrogen and oxygen atoms in total. The zero-order valence-corrected chi connectivity index (χ0v) is 10.9. The second-order valence-electron chi connectivity index (χ2n) is 3.05. The van der Waals surface area contributed by atoms with Gasteiger partial charge in [0, 0.05) is 10.2 Å². The smallest absolute Gasteiger partial charge is 0.187 e. The fraction of sp³-hybridized carbons (Fsp3) is 0.111. The first-order valence-corrected chi connectivity index (χ1v) is 6.07. The van der Waals surface area contributed by atoms with Gasteiger partial charge >= 0.3 is 0 Å². The van der Waals surface area contributed by atoms with Crippen LogP contribution in [-0.2, 0) is 0 Å². The van der Waals surface area contributed by atoms with Crippen molar-refractivity contribution in [1.29, 1.82) is 0 Å². The van der Waals surface area contributed by atoms with Crippen molar-refractivity contribution < 1.29 is 0 Å². The molecule has 0 saturated heterocycles. The molecule has 0 aliphatic rings. The maximum atomic E-state index is 5.83. The molecule has 0 amide bonds. The lowest BCUT2D eigenvalue weighted by atomic mass is 10.2. The number of nitrogens with one attached hydrogen (secondary N) is 1. The predicted octanol–water partition coefficient (Wildman–Crippen LogP) is 4.01. The molecule has 0 spiro atoms. The van der Waals surface area contributed by atoms with Crippen molar-refractivity contribution in [2.75, 3.05) is 5.32 Å². The number of hydrogen-bond donors (Lipinski definition) is 1. The molecule has 1 N–H and O–H groups in total. The molecule has 2 rings (SSSR count). The zero-order valence-electron chi connectivity index (χ0n) is 7.79. The lowest BCUT2D eigenvalue weighted by molar-refractivity contribution is 1.40. The lowest BCUT2D eigenvalue weighted by Gasteiger charge is -2.04. The van der Waals surface area contributed by atoms with Crippen molar-refractivity contribution in [1.82, 2.24) is 8.75 Å². The molecule has 78 valence electrons. The standard InChI is InChI=1S/C9H7BrClN3S/c1-5-2-6(10)4-7(3-5)12-9-8(11)13-15-14-9/h2-4H,1H3,(H,12,14). The molecule has 0 aliphatic heterocycles. The fourth-order valence-electron chi connectivity index (χ4n) is 1.20. The van der Waals surface area contributed by atoms with Crippen LogP contribution >= 0.6 is 39.3 Å². The molecule has 1 aromatic carbocycles. The Balaban J connectivity index is 2.28. The van der Waals surface area contributed by atoms with Gasteiger partial charge in [0.25, 0.3) is 0 Å². The van der Waals surface area contributed by atoms with E-state index in [1.165, 1.54) is 0 Å². The summed E-state index contributed by atoms with van der Waals surface area (Å²) in [4.78, 5) is 0. The third-order valence-corrected chi connectivity index (χ3v) is 3.10. The van der Waals surface area contributed by atoms with E-state index in [9.17, 15) is 0 Å². The zero-order chi connectivity index (χ0) is 10.8. The van der Waals surface area contributed by atoms with E-state index < -0.39 is 0 Å². The Labute approximate surface area is 105 Å². The highest BCUT2D eigenvalue weighted by atomic mass is 79.9. The van der Waals surface area contributed by atoms with E-state index in [0.29, 0.717) is 11.0 Å². The maximum absolute atomic E-state index is 5.83. The van der Waals surface area contributed by atoms with Crippen molar-refractivity contribution in [3.63, 3.8) is 0 Å². The quantitative estimate of drug-likeness (QED) is 0.911. The number of benzene rings is 1. The Morgan fingerprint density at radius 1 is 1.33 bits per heavy atom. The first kappa shape index (κ1) is 10.9. The minimum Gasteiger partial charge on any atom is -0.337 e. The van der Waals surface area contributed by atoms with Crippen LogP contribution in [0.1, 0.15) is 5.56 Å². The van der Waals surface area contributed by atoms with Gasteiger partial charge in [-0.1, -0.05) is 27.5 Å². The van der Waals surface area contributed by atoms with E-state index in [1.807, 2.05) is 25.1 Å². The Morgan fingerprint density at radius 2 is 2.13 bits per heavy atom. The number of nitrogens with zero attached hydrogens (tertiary/aromatic N) is 2. The minimum absolute atomic E-state index is 0.401. The van der Waals surface area contributed by atoms with Crippen LogP contribution in [0.15, 0.2) is 22.7 Å². The van der Waals surface area contributed by atoms with Gasteiger partial charge in [-0.15, -0.1) is 0 Å². The molecular weight excluding hydrogens is 298 g/mol. The molecule has 0 bridgehead atoms. The lowest BCUT2D eigenvalue weighted by Crippen LogP contribution is -1.91. The van der Waals surface area contributed by atoms with Gasteiger partial charge in [0.05, 0.1) is 11.7 Å². The number of aromatic nitrogens is 2. The molecule has 0 unspecified atom stereocenters. The summed E-state index contributed by atoms with van der Waals surface area (Å²) >= 11 is 10.3. The van der Waals surface area contributed by atoms with Crippen molar-refractivity contribution in [3.8, 4) is 0 Å². The summed E-state index contributed by atoms with van der Waals surface area (Å²) < 4.78 is 8.94. The molecule has 2 aromatic rings. The molecule has 15 heavy (non-hydrogen) atoms. The normalized spacial score (nSPS) is 10.3. The molecule has 0 atom stereocenters. The van der Waals surface area contributed by atoms with Crippen LogP contribution in [0.2, 0.25) is 5.15 Å². The van der Waals surface area contributed by atoms with Gasteiger partial charge in [-0.25, -0.2) is 0 Å². The summed E-state index contributed by atoms with van der Waals surface area (Å²) in [6, 6.07) is 6.01. The van der Waals surface area contributed by atoms with Gasteiger partial charge in [0.1, 0.15) is 0 Å². The summed E-state index contributed by atoms with van der Waals surface area (Å²) in [5.74, 6) is 0.596. The highest BCUT2D eigenvalue weighted by Crippen LogP contribution is 2.25. The number of halogens is 2. The monoisotopic (exact) mass is 303 g/mol. The largest absolute Gasteiger partial charge is 0.337 e. The van der Waals surface area contributed by atoms with Crippen molar-refractivity contribution >= 4 is 50.8 Å². The van der Waals surface area contributed by atoms with E-state index in [4.69, 9.17) is 11.6 Å². The molecule has 1 aromatic heterocycles. The third-order valence-electron chi connectivity index (χ3n) is 1.75. The fourth-order valence-corrected chi connectivity index (χ4v) is 2.45. The van der Waals surface area contributed by atoms with Gasteiger partial charge < -0.3 is 5.32 Å². The molecule has 1 heterocycles. The minimum atomic E-state index is 0.401. The van der Waals surface area contributed by atoms with E-state index in [2.05, 4.69) is 30.0 Å². The highest BCUT2D eigenvalue weighted by Gasteiger charge is 2.05. The summed E-state index contributed by atoms with van der Waals surface area (Å²) in [6.07, 6.45) is 0. The molecule has 0 radical (unpaired) electrons. The average Bonchev–Trinajstić information content (AvgIpc) is 2.50. The van der Waals surface area contributed by atoms with E-state index in [1.54, 1.807) is 0 Å². The first-order chi connectivity index (χ1) is 7.15. The van der Waals surface area contributed by atoms with Crippen LogP contribution in [0.4, 0.5) is 11.5 Å². The maximum Gasteiger partial charge on any atom is 0.187 e. The van der Waals surface area contributed by atoms with Crippen LogP contribution in [0, 0.1) is 6.92 Å². The second kappa shape index (κ2) is 4.47. The summed E-state index contributed by atoms with van der Waals surface area (Å²) in [6.45, 7) is 2.02. The number of aryl methyl sites for hydroxylation is 1. The Bertz CT molecular complexity index is 466. The average molecular weight is 305 g/mol.